The summed E-state index contributed by atoms with van der Waals surface area (Å²) in [5.41, 5.74) is -5.92. The van der Waals surface area contributed by atoms with E-state index in [4.69, 9.17) is 11.6 Å². The van der Waals surface area contributed by atoms with Gasteiger partial charge in [-0.05, 0) is 18.2 Å². The molecule has 9 heteroatoms. The molecule has 1 aromatic carbocycles. The molecule has 0 saturated heterocycles. The molecule has 96 valence electrons. The maximum atomic E-state index is 13.0. The maximum absolute atomic E-state index is 13.0. The highest BCUT2D eigenvalue weighted by Gasteiger charge is 2.47. The Morgan fingerprint density at radius 2 is 1.88 bits per heavy atom. The number of halogens is 5. The van der Waals surface area contributed by atoms with Crippen LogP contribution in [0.5, 0.6) is 0 Å². The fraction of sp³-hybridized carbons (Fsp3) is 0.250. The molecule has 0 aromatic heterocycles. The average Bonchev–Trinajstić information content (AvgIpc) is 2.18. The molecule has 0 atom stereocenters. The Bertz CT molecular complexity index is 512. The highest BCUT2D eigenvalue weighted by atomic mass is 35.5. The molecular weight excluding hydrogens is 288 g/mol. The van der Waals surface area contributed by atoms with Crippen LogP contribution >= 0.6 is 11.6 Å². The van der Waals surface area contributed by atoms with E-state index < -0.39 is 28.1 Å². The second-order valence-electron chi connectivity index (χ2n) is 2.90. The molecule has 0 saturated carbocycles. The molecule has 0 amide bonds. The summed E-state index contributed by atoms with van der Waals surface area (Å²) < 4.78 is 73.4. The van der Waals surface area contributed by atoms with Crippen molar-refractivity contribution in [1.29, 1.82) is 0 Å². The van der Waals surface area contributed by atoms with Crippen LogP contribution in [-0.4, -0.2) is 13.9 Å². The molecule has 0 aliphatic rings. The zero-order valence-corrected chi connectivity index (χ0v) is 9.53. The van der Waals surface area contributed by atoms with E-state index in [1.54, 1.807) is 0 Å². The van der Waals surface area contributed by atoms with Crippen molar-refractivity contribution in [2.75, 3.05) is 0 Å². The van der Waals surface area contributed by atoms with Gasteiger partial charge in [-0.25, -0.2) is 4.39 Å². The normalized spacial score (nSPS) is 12.8. The van der Waals surface area contributed by atoms with Crippen LogP contribution in [0.1, 0.15) is 5.56 Å². The van der Waals surface area contributed by atoms with E-state index in [9.17, 15) is 26.0 Å². The lowest BCUT2D eigenvalue weighted by Crippen LogP contribution is -2.25. The third-order valence-corrected chi connectivity index (χ3v) is 2.89. The molecule has 0 aliphatic heterocycles. The topological polar surface area (TPSA) is 43.4 Å². The summed E-state index contributed by atoms with van der Waals surface area (Å²) in [6, 6.07) is 3.03. The molecule has 0 N–H and O–H groups in total. The van der Waals surface area contributed by atoms with Gasteiger partial charge in [-0.3, -0.25) is 4.18 Å². The molecule has 0 bridgehead atoms. The number of hydrogen-bond acceptors (Lipinski definition) is 3. The van der Waals surface area contributed by atoms with Crippen molar-refractivity contribution in [2.45, 2.75) is 12.1 Å². The first-order valence-electron chi connectivity index (χ1n) is 4.03. The molecule has 17 heavy (non-hydrogen) atoms. The van der Waals surface area contributed by atoms with Gasteiger partial charge in [0.15, 0.2) is 0 Å². The van der Waals surface area contributed by atoms with Gasteiger partial charge in [-0.15, -0.1) is 0 Å². The summed E-state index contributed by atoms with van der Waals surface area (Å²) in [7, 11) is -5.74. The number of hydrogen-bond donors (Lipinski definition) is 0. The van der Waals surface area contributed by atoms with Crippen molar-refractivity contribution >= 4 is 21.7 Å². The first-order chi connectivity index (χ1) is 7.63. The molecule has 0 unspecified atom stereocenters. The minimum Gasteiger partial charge on any atom is -0.258 e. The lowest BCUT2D eigenvalue weighted by Gasteiger charge is -2.08. The molecule has 1 aromatic rings. The van der Waals surface area contributed by atoms with Crippen LogP contribution in [0.25, 0.3) is 0 Å². The summed E-state index contributed by atoms with van der Waals surface area (Å²) >= 11 is 5.46. The standard InChI is InChI=1S/C8H5ClF4O3S/c9-6-1-2-7(10)5(3-6)4-16-17(14,15)8(11,12)13/h1-3H,4H2. The van der Waals surface area contributed by atoms with Crippen LogP contribution in [0.15, 0.2) is 18.2 Å². The molecule has 0 fully saturated rings. The summed E-state index contributed by atoms with van der Waals surface area (Å²) in [6.45, 7) is -1.08. The van der Waals surface area contributed by atoms with Crippen molar-refractivity contribution in [3.05, 3.63) is 34.6 Å². The molecule has 0 heterocycles. The second-order valence-corrected chi connectivity index (χ2v) is 4.94. The molecule has 0 radical (unpaired) electrons. The maximum Gasteiger partial charge on any atom is 0.523 e. The van der Waals surface area contributed by atoms with Crippen LogP contribution in [0.2, 0.25) is 5.02 Å². The van der Waals surface area contributed by atoms with Gasteiger partial charge in [0.1, 0.15) is 5.82 Å². The van der Waals surface area contributed by atoms with Crippen molar-refractivity contribution in [2.24, 2.45) is 0 Å². The summed E-state index contributed by atoms with van der Waals surface area (Å²) in [5.74, 6) is -0.910. The first kappa shape index (κ1) is 14.2. The Morgan fingerprint density at radius 1 is 1.29 bits per heavy atom. The fourth-order valence-electron chi connectivity index (χ4n) is 0.862. The molecule has 3 nitrogen and oxygen atoms in total. The number of rotatable bonds is 3. The van der Waals surface area contributed by atoms with Crippen LogP contribution in [0, 0.1) is 5.82 Å². The van der Waals surface area contributed by atoms with E-state index in [2.05, 4.69) is 4.18 Å². The van der Waals surface area contributed by atoms with Gasteiger partial charge in [0.2, 0.25) is 0 Å². The van der Waals surface area contributed by atoms with Crippen LogP contribution in [-0.2, 0) is 20.9 Å². The zero-order chi connectivity index (χ0) is 13.3. The SMILES string of the molecule is O=S(=O)(OCc1cc(Cl)ccc1F)C(F)(F)F. The second kappa shape index (κ2) is 4.79. The fourth-order valence-corrected chi connectivity index (χ4v) is 1.47. The quantitative estimate of drug-likeness (QED) is 0.489. The van der Waals surface area contributed by atoms with Gasteiger partial charge in [0.05, 0.1) is 6.61 Å². The predicted molar refractivity (Wildman–Crippen MR) is 51.2 cm³/mol. The summed E-state index contributed by atoms with van der Waals surface area (Å²) in [5, 5.41) is 0.0504. The van der Waals surface area contributed by atoms with Gasteiger partial charge in [0.25, 0.3) is 0 Å². The van der Waals surface area contributed by atoms with Crippen molar-refractivity contribution in [3.63, 3.8) is 0 Å². The number of benzene rings is 1. The Morgan fingerprint density at radius 3 is 2.41 bits per heavy atom. The van der Waals surface area contributed by atoms with E-state index in [-0.39, 0.29) is 10.6 Å². The van der Waals surface area contributed by atoms with E-state index >= 15 is 0 Å². The monoisotopic (exact) mass is 292 g/mol. The lowest BCUT2D eigenvalue weighted by atomic mass is 10.2. The Balaban J connectivity index is 2.85. The Labute approximate surface area is 99.1 Å². The summed E-state index contributed by atoms with van der Waals surface area (Å²) in [6.07, 6.45) is 0. The van der Waals surface area contributed by atoms with E-state index in [1.807, 2.05) is 0 Å². The lowest BCUT2D eigenvalue weighted by molar-refractivity contribution is -0.0548. The van der Waals surface area contributed by atoms with Gasteiger partial charge in [-0.2, -0.15) is 21.6 Å². The van der Waals surface area contributed by atoms with Crippen molar-refractivity contribution in [3.8, 4) is 0 Å². The van der Waals surface area contributed by atoms with Gasteiger partial charge in [-0.1, -0.05) is 11.6 Å². The zero-order valence-electron chi connectivity index (χ0n) is 7.96. The third kappa shape index (κ3) is 3.55. The van der Waals surface area contributed by atoms with Crippen molar-refractivity contribution < 1.29 is 30.2 Å². The van der Waals surface area contributed by atoms with E-state index in [0.29, 0.717) is 0 Å². The van der Waals surface area contributed by atoms with Gasteiger partial charge >= 0.3 is 15.6 Å². The van der Waals surface area contributed by atoms with Crippen LogP contribution in [0.3, 0.4) is 0 Å². The smallest absolute Gasteiger partial charge is 0.258 e. The molecule has 0 spiro atoms. The van der Waals surface area contributed by atoms with Crippen LogP contribution in [0.4, 0.5) is 17.6 Å². The first-order valence-corrected chi connectivity index (χ1v) is 5.82. The molecule has 0 aliphatic carbocycles. The highest BCUT2D eigenvalue weighted by Crippen LogP contribution is 2.26. The van der Waals surface area contributed by atoms with Crippen LogP contribution < -0.4 is 0 Å². The minimum atomic E-state index is -5.74. The Kier molecular flexibility index (Phi) is 4.00. The largest absolute Gasteiger partial charge is 0.523 e. The average molecular weight is 293 g/mol. The van der Waals surface area contributed by atoms with Gasteiger partial charge < -0.3 is 0 Å². The minimum absolute atomic E-state index is 0.0504. The predicted octanol–water partition coefficient (Wildman–Crippen LogP) is 2.85. The molecule has 1 rings (SSSR count). The van der Waals surface area contributed by atoms with Crippen molar-refractivity contribution in [1.82, 2.24) is 0 Å². The Hall–Kier alpha value is -0.860. The van der Waals surface area contributed by atoms with E-state index in [1.165, 1.54) is 6.07 Å². The highest BCUT2D eigenvalue weighted by molar-refractivity contribution is 7.87. The number of alkyl halides is 3. The van der Waals surface area contributed by atoms with E-state index in [0.717, 1.165) is 12.1 Å². The summed E-state index contributed by atoms with van der Waals surface area (Å²) in [4.78, 5) is 0. The van der Waals surface area contributed by atoms with Gasteiger partial charge in [0, 0.05) is 10.6 Å². The molecular formula is C8H5ClF4O3S. The third-order valence-electron chi connectivity index (χ3n) is 1.66.